The lowest BCUT2D eigenvalue weighted by Gasteiger charge is -2.26. The van der Waals surface area contributed by atoms with Crippen molar-refractivity contribution in [3.63, 3.8) is 0 Å². The van der Waals surface area contributed by atoms with Crippen LogP contribution in [0.25, 0.3) is 0 Å². The molecule has 0 radical (unpaired) electrons. The van der Waals surface area contributed by atoms with Crippen molar-refractivity contribution in [3.05, 3.63) is 101 Å². The summed E-state index contributed by atoms with van der Waals surface area (Å²) in [4.78, 5) is 14.3. The predicted molar refractivity (Wildman–Crippen MR) is 147 cm³/mol. The Morgan fingerprint density at radius 3 is 2.06 bits per heavy atom. The number of hydrogen-bond acceptors (Lipinski definition) is 5. The molecule has 3 aromatic rings. The van der Waals surface area contributed by atoms with Crippen molar-refractivity contribution >= 4 is 14.0 Å². The third-order valence-electron chi connectivity index (χ3n) is 5.88. The maximum Gasteiger partial charge on any atom is 0.252 e. The van der Waals surface area contributed by atoms with Gasteiger partial charge in [-0.2, -0.15) is 0 Å². The second-order valence-electron chi connectivity index (χ2n) is 10.3. The molecule has 36 heavy (non-hydrogen) atoms. The van der Waals surface area contributed by atoms with Crippen molar-refractivity contribution in [1.29, 1.82) is 0 Å². The van der Waals surface area contributed by atoms with Crippen LogP contribution in [0.15, 0.2) is 78.9 Å². The molecule has 3 N–H and O–H groups in total. The van der Waals surface area contributed by atoms with Gasteiger partial charge < -0.3 is 20.3 Å². The number of aliphatic hydroxyl groups is 1. The van der Waals surface area contributed by atoms with Crippen LogP contribution in [-0.2, 0) is 17.8 Å². The highest BCUT2D eigenvalue weighted by Gasteiger charge is 2.19. The summed E-state index contributed by atoms with van der Waals surface area (Å²) < 4.78 is 11.3. The Labute approximate surface area is 215 Å². The molecule has 192 valence electrons. The highest BCUT2D eigenvalue weighted by molar-refractivity contribution is 6.76. The smallest absolute Gasteiger partial charge is 0.252 e. The van der Waals surface area contributed by atoms with E-state index in [4.69, 9.17) is 15.2 Å². The van der Waals surface area contributed by atoms with Crippen molar-refractivity contribution in [3.8, 4) is 5.75 Å². The molecule has 6 nitrogen and oxygen atoms in total. The molecule has 0 aliphatic heterocycles. The second-order valence-corrected chi connectivity index (χ2v) is 15.9. The van der Waals surface area contributed by atoms with Crippen molar-refractivity contribution < 1.29 is 19.4 Å². The zero-order chi connectivity index (χ0) is 26.0. The minimum atomic E-state index is -1.19. The maximum absolute atomic E-state index is 12.1. The van der Waals surface area contributed by atoms with E-state index in [9.17, 15) is 9.90 Å². The SMILES string of the molecule is C[Si](C)(C)CCOCOc1ccc([C@@H](O)CN(Cc2ccccc2)Cc2ccccc2)cc1C(N)=O. The van der Waals surface area contributed by atoms with Gasteiger partial charge in [0.25, 0.3) is 5.91 Å². The number of ether oxygens (including phenoxy) is 2. The first kappa shape index (κ1) is 27.6. The third-order valence-corrected chi connectivity index (χ3v) is 7.58. The summed E-state index contributed by atoms with van der Waals surface area (Å²) in [6.07, 6.45) is -0.808. The van der Waals surface area contributed by atoms with Crippen molar-refractivity contribution in [2.75, 3.05) is 19.9 Å². The van der Waals surface area contributed by atoms with Crippen LogP contribution in [0.1, 0.15) is 33.2 Å². The largest absolute Gasteiger partial charge is 0.467 e. The Balaban J connectivity index is 1.69. The number of hydrogen-bond donors (Lipinski definition) is 2. The lowest BCUT2D eigenvalue weighted by Crippen LogP contribution is -2.28. The topological polar surface area (TPSA) is 85.0 Å². The number of nitrogens with two attached hydrogens (primary N) is 1. The van der Waals surface area contributed by atoms with Gasteiger partial charge in [-0.3, -0.25) is 9.69 Å². The first-order valence-electron chi connectivity index (χ1n) is 12.3. The van der Waals surface area contributed by atoms with Crippen molar-refractivity contribution in [1.82, 2.24) is 4.90 Å². The number of benzene rings is 3. The lowest BCUT2D eigenvalue weighted by molar-refractivity contribution is 0.0215. The van der Waals surface area contributed by atoms with Gasteiger partial charge in [0.05, 0.1) is 11.7 Å². The van der Waals surface area contributed by atoms with Gasteiger partial charge in [-0.1, -0.05) is 86.4 Å². The number of aliphatic hydroxyl groups excluding tert-OH is 1. The fourth-order valence-corrected chi connectivity index (χ4v) is 4.59. The fourth-order valence-electron chi connectivity index (χ4n) is 3.83. The number of primary amides is 1. The number of carbonyl (C=O) groups is 1. The molecular formula is C29H38N2O4Si. The number of rotatable bonds is 14. The first-order valence-corrected chi connectivity index (χ1v) is 16.0. The Morgan fingerprint density at radius 1 is 0.944 bits per heavy atom. The number of carbonyl (C=O) groups excluding carboxylic acids is 1. The molecule has 0 saturated carbocycles. The Kier molecular flexibility index (Phi) is 10.3. The minimum absolute atomic E-state index is 0.0502. The molecule has 0 heterocycles. The lowest BCUT2D eigenvalue weighted by atomic mass is 10.0. The fraction of sp³-hybridized carbons (Fsp3) is 0.345. The summed E-state index contributed by atoms with van der Waals surface area (Å²) in [7, 11) is -1.19. The monoisotopic (exact) mass is 506 g/mol. The Bertz CT molecular complexity index is 1050. The average Bonchev–Trinajstić information content (AvgIpc) is 2.84. The Morgan fingerprint density at radius 2 is 1.53 bits per heavy atom. The molecule has 0 spiro atoms. The standard InChI is InChI=1S/C29H38N2O4Si/c1-36(2,3)17-16-34-22-35-28-15-14-25(18-26(28)29(30)33)27(32)21-31(19-23-10-6-4-7-11-23)20-24-12-8-5-9-13-24/h4-15,18,27,32H,16-17,19-22H2,1-3H3,(H2,30,33)/t27-/m0/s1. The highest BCUT2D eigenvalue weighted by Crippen LogP contribution is 2.25. The highest BCUT2D eigenvalue weighted by atomic mass is 28.3. The van der Waals surface area contributed by atoms with Gasteiger partial charge in [-0.15, -0.1) is 0 Å². The van der Waals surface area contributed by atoms with Gasteiger partial charge in [0.15, 0.2) is 6.79 Å². The van der Waals surface area contributed by atoms with E-state index in [2.05, 4.69) is 48.8 Å². The van der Waals surface area contributed by atoms with E-state index >= 15 is 0 Å². The van der Waals surface area contributed by atoms with E-state index in [0.29, 0.717) is 37.6 Å². The zero-order valence-corrected chi connectivity index (χ0v) is 22.5. The second kappa shape index (κ2) is 13.4. The molecule has 3 rings (SSSR count). The van der Waals surface area contributed by atoms with Gasteiger partial charge in [-0.25, -0.2) is 0 Å². The van der Waals surface area contributed by atoms with E-state index in [0.717, 1.165) is 17.2 Å². The van der Waals surface area contributed by atoms with Crippen LogP contribution in [0.5, 0.6) is 5.75 Å². The molecule has 0 aliphatic rings. The molecule has 0 bridgehead atoms. The first-order chi connectivity index (χ1) is 17.2. The molecule has 1 atom stereocenters. The van der Waals surface area contributed by atoms with E-state index in [-0.39, 0.29) is 12.4 Å². The summed E-state index contributed by atoms with van der Waals surface area (Å²) >= 11 is 0. The maximum atomic E-state index is 12.1. The van der Waals surface area contributed by atoms with Crippen LogP contribution in [0.4, 0.5) is 0 Å². The van der Waals surface area contributed by atoms with Gasteiger partial charge in [0.2, 0.25) is 0 Å². The molecule has 7 heteroatoms. The van der Waals surface area contributed by atoms with Crippen LogP contribution >= 0.6 is 0 Å². The molecule has 0 unspecified atom stereocenters. The summed E-state index contributed by atoms with van der Waals surface area (Å²) in [5.41, 5.74) is 8.80. The van der Waals surface area contributed by atoms with Crippen LogP contribution in [0, 0.1) is 0 Å². The van der Waals surface area contributed by atoms with Crippen LogP contribution in [0.2, 0.25) is 25.7 Å². The van der Waals surface area contributed by atoms with E-state index < -0.39 is 20.1 Å². The minimum Gasteiger partial charge on any atom is -0.467 e. The molecule has 3 aromatic carbocycles. The predicted octanol–water partition coefficient (Wildman–Crippen LogP) is 5.21. The third kappa shape index (κ3) is 9.24. The zero-order valence-electron chi connectivity index (χ0n) is 21.5. The van der Waals surface area contributed by atoms with Gasteiger partial charge in [0.1, 0.15) is 5.75 Å². The van der Waals surface area contributed by atoms with Crippen LogP contribution in [-0.4, -0.2) is 43.9 Å². The van der Waals surface area contributed by atoms with E-state index in [1.807, 2.05) is 36.4 Å². The van der Waals surface area contributed by atoms with Gasteiger partial charge >= 0.3 is 0 Å². The van der Waals surface area contributed by atoms with Crippen molar-refractivity contribution in [2.45, 2.75) is 44.9 Å². The van der Waals surface area contributed by atoms with Crippen molar-refractivity contribution in [2.24, 2.45) is 5.73 Å². The van der Waals surface area contributed by atoms with Crippen LogP contribution < -0.4 is 10.5 Å². The van der Waals surface area contributed by atoms with Gasteiger partial charge in [-0.05, 0) is 34.9 Å². The molecule has 0 aliphatic carbocycles. The van der Waals surface area contributed by atoms with E-state index in [1.54, 1.807) is 18.2 Å². The normalized spacial score (nSPS) is 12.5. The summed E-state index contributed by atoms with van der Waals surface area (Å²) in [5, 5.41) is 11.1. The number of nitrogens with zero attached hydrogens (tertiary/aromatic N) is 1. The molecule has 0 saturated heterocycles. The molecule has 1 amide bonds. The summed E-state index contributed by atoms with van der Waals surface area (Å²) in [6, 6.07) is 26.5. The Hall–Kier alpha value is -2.97. The van der Waals surface area contributed by atoms with Gasteiger partial charge in [0, 0.05) is 34.3 Å². The molecule has 0 fully saturated rings. The molecule has 0 aromatic heterocycles. The average molecular weight is 507 g/mol. The van der Waals surface area contributed by atoms with E-state index in [1.165, 1.54) is 0 Å². The van der Waals surface area contributed by atoms with Crippen LogP contribution in [0.3, 0.4) is 0 Å². The number of amides is 1. The molecular weight excluding hydrogens is 468 g/mol. The quantitative estimate of drug-likeness (QED) is 0.178. The summed E-state index contributed by atoms with van der Waals surface area (Å²) in [6.45, 7) is 9.29. The summed E-state index contributed by atoms with van der Waals surface area (Å²) in [5.74, 6) is -0.247.